The Morgan fingerprint density at radius 2 is 1.29 bits per heavy atom. The van der Waals surface area contributed by atoms with Crippen molar-refractivity contribution in [2.24, 2.45) is 0 Å². The summed E-state index contributed by atoms with van der Waals surface area (Å²) in [5.74, 6) is 0. The molecule has 0 aliphatic heterocycles. The average Bonchev–Trinajstić information content (AvgIpc) is 2.68. The molecule has 0 N–H and O–H groups in total. The summed E-state index contributed by atoms with van der Waals surface area (Å²) in [6, 6.07) is 0. The van der Waals surface area contributed by atoms with Gasteiger partial charge in [0.1, 0.15) is 0 Å². The second-order valence-electron chi connectivity index (χ2n) is 8.18. The van der Waals surface area contributed by atoms with Gasteiger partial charge in [0.25, 0.3) is 0 Å². The molecule has 0 fully saturated rings. The van der Waals surface area contributed by atoms with Gasteiger partial charge in [0, 0.05) is 12.7 Å². The summed E-state index contributed by atoms with van der Waals surface area (Å²) < 4.78 is 19.3. The highest BCUT2D eigenvalue weighted by atomic mass is 28.5. The molecule has 166 valence electrons. The van der Waals surface area contributed by atoms with Gasteiger partial charge in [-0.1, -0.05) is 90.0 Å². The van der Waals surface area contributed by atoms with Crippen molar-refractivity contribution in [1.82, 2.24) is 0 Å². The van der Waals surface area contributed by atoms with Crippen LogP contribution in [0, 0.1) is 0 Å². The summed E-state index contributed by atoms with van der Waals surface area (Å²) in [4.78, 5) is 0. The number of hydrogen-bond donors (Lipinski definition) is 0. The van der Waals surface area contributed by atoms with E-state index in [-0.39, 0.29) is 6.10 Å². The first-order valence-electron chi connectivity index (χ1n) is 11.7. The second kappa shape index (κ2) is 16.6. The Balaban J connectivity index is 4.55. The Labute approximate surface area is 178 Å². The summed E-state index contributed by atoms with van der Waals surface area (Å²) >= 11 is 0. The molecule has 0 amide bonds. The van der Waals surface area contributed by atoms with Gasteiger partial charge in [0.15, 0.2) is 0 Å². The molecule has 0 aromatic heterocycles. The number of rotatable bonds is 20. The van der Waals surface area contributed by atoms with Gasteiger partial charge >= 0.3 is 17.1 Å². The maximum Gasteiger partial charge on any atom is 0.352 e. The van der Waals surface area contributed by atoms with Crippen molar-refractivity contribution in [2.45, 2.75) is 117 Å². The smallest absolute Gasteiger partial charge is 0.352 e. The Kier molecular flexibility index (Phi) is 16.5. The zero-order valence-electron chi connectivity index (χ0n) is 19.6. The molecular formula is C23H48O3Si2. The maximum absolute atomic E-state index is 6.54. The minimum absolute atomic E-state index is 0.255. The van der Waals surface area contributed by atoms with E-state index in [0.29, 0.717) is 0 Å². The maximum atomic E-state index is 6.54. The Morgan fingerprint density at radius 3 is 1.82 bits per heavy atom. The molecule has 0 aliphatic carbocycles. The molecule has 28 heavy (non-hydrogen) atoms. The zero-order valence-corrected chi connectivity index (χ0v) is 21.6. The monoisotopic (exact) mass is 428 g/mol. The predicted molar refractivity (Wildman–Crippen MR) is 128 cm³/mol. The lowest BCUT2D eigenvalue weighted by Crippen LogP contribution is -2.51. The molecule has 0 rings (SSSR count). The molecule has 0 heterocycles. The minimum atomic E-state index is -2.49. The van der Waals surface area contributed by atoms with Gasteiger partial charge in [-0.25, -0.2) is 0 Å². The van der Waals surface area contributed by atoms with Crippen LogP contribution in [-0.4, -0.2) is 29.8 Å². The average molecular weight is 429 g/mol. The molecule has 0 saturated heterocycles. The quantitative estimate of drug-likeness (QED) is 0.147. The van der Waals surface area contributed by atoms with Crippen LogP contribution in [0.15, 0.2) is 24.6 Å². The number of hydrogen-bond acceptors (Lipinski definition) is 3. The topological polar surface area (TPSA) is 27.7 Å². The van der Waals surface area contributed by atoms with Gasteiger partial charge in [0.05, 0.1) is 0 Å². The van der Waals surface area contributed by atoms with Crippen LogP contribution < -0.4 is 0 Å². The van der Waals surface area contributed by atoms with Crippen LogP contribution in [0.2, 0.25) is 13.1 Å². The molecule has 0 bridgehead atoms. The van der Waals surface area contributed by atoms with Gasteiger partial charge in [-0.15, -0.1) is 13.2 Å². The SMILES string of the molecule is C=C[Si](C)(OCCCCCCCCC)O[Si](C)(C=C)OC(CCC)CCCC. The third-order valence-corrected chi connectivity index (χ3v) is 11.5. The highest BCUT2D eigenvalue weighted by Gasteiger charge is 2.41. The summed E-state index contributed by atoms with van der Waals surface area (Å²) in [5, 5.41) is 0. The molecule has 3 unspecified atom stereocenters. The standard InChI is InChI=1S/C23H48O3Si2/c1-8-13-15-16-17-18-19-22-24-27(6,11-4)26-28(7,12-5)25-23(20-10-3)21-14-9-2/h11-12,23H,4-5,8-10,13-22H2,1-3,6-7H3. The lowest BCUT2D eigenvalue weighted by molar-refractivity contribution is 0.127. The van der Waals surface area contributed by atoms with Gasteiger partial charge in [-0.05, 0) is 32.4 Å². The van der Waals surface area contributed by atoms with Gasteiger partial charge < -0.3 is 13.0 Å². The van der Waals surface area contributed by atoms with Gasteiger partial charge in [0.2, 0.25) is 0 Å². The van der Waals surface area contributed by atoms with Crippen LogP contribution in [-0.2, 0) is 13.0 Å². The number of unbranched alkanes of at least 4 members (excludes halogenated alkanes) is 7. The van der Waals surface area contributed by atoms with E-state index >= 15 is 0 Å². The molecule has 0 aromatic rings. The van der Waals surface area contributed by atoms with E-state index in [1.165, 1.54) is 51.4 Å². The largest absolute Gasteiger partial charge is 0.409 e. The fourth-order valence-electron chi connectivity index (χ4n) is 3.33. The summed E-state index contributed by atoms with van der Waals surface area (Å²) in [7, 11) is -4.94. The third kappa shape index (κ3) is 13.1. The molecule has 0 radical (unpaired) electrons. The molecule has 0 aliphatic rings. The van der Waals surface area contributed by atoms with Crippen LogP contribution in [0.5, 0.6) is 0 Å². The summed E-state index contributed by atoms with van der Waals surface area (Å²) in [6.45, 7) is 19.7. The second-order valence-corrected chi connectivity index (χ2v) is 14.4. The van der Waals surface area contributed by atoms with Crippen LogP contribution in [0.4, 0.5) is 0 Å². The van der Waals surface area contributed by atoms with E-state index in [1.807, 2.05) is 11.4 Å². The first-order chi connectivity index (χ1) is 13.4. The van der Waals surface area contributed by atoms with E-state index in [4.69, 9.17) is 13.0 Å². The molecular weight excluding hydrogens is 380 g/mol. The third-order valence-electron chi connectivity index (χ3n) is 5.17. The zero-order chi connectivity index (χ0) is 21.3. The van der Waals surface area contributed by atoms with E-state index in [2.05, 4.69) is 47.0 Å². The minimum Gasteiger partial charge on any atom is -0.409 e. The molecule has 3 nitrogen and oxygen atoms in total. The summed E-state index contributed by atoms with van der Waals surface area (Å²) in [5.41, 5.74) is 3.81. The van der Waals surface area contributed by atoms with E-state index < -0.39 is 17.1 Å². The summed E-state index contributed by atoms with van der Waals surface area (Å²) in [6.07, 6.45) is 14.9. The highest BCUT2D eigenvalue weighted by molar-refractivity contribution is 6.84. The Hall–Kier alpha value is -0.206. The van der Waals surface area contributed by atoms with Crippen molar-refractivity contribution in [1.29, 1.82) is 0 Å². The lowest BCUT2D eigenvalue weighted by Gasteiger charge is -2.36. The van der Waals surface area contributed by atoms with E-state index in [0.717, 1.165) is 32.3 Å². The lowest BCUT2D eigenvalue weighted by atomic mass is 10.1. The highest BCUT2D eigenvalue weighted by Crippen LogP contribution is 2.24. The van der Waals surface area contributed by atoms with Crippen LogP contribution >= 0.6 is 0 Å². The fraction of sp³-hybridized carbons (Fsp3) is 0.826. The van der Waals surface area contributed by atoms with Crippen LogP contribution in [0.1, 0.15) is 97.8 Å². The van der Waals surface area contributed by atoms with Crippen molar-refractivity contribution >= 4 is 17.1 Å². The first-order valence-corrected chi connectivity index (χ1v) is 16.5. The molecule has 3 atom stereocenters. The van der Waals surface area contributed by atoms with E-state index in [9.17, 15) is 0 Å². The molecule has 0 aromatic carbocycles. The molecule has 5 heteroatoms. The van der Waals surface area contributed by atoms with Crippen LogP contribution in [0.3, 0.4) is 0 Å². The molecule has 0 spiro atoms. The van der Waals surface area contributed by atoms with Crippen LogP contribution in [0.25, 0.3) is 0 Å². The van der Waals surface area contributed by atoms with Gasteiger partial charge in [-0.2, -0.15) is 0 Å². The van der Waals surface area contributed by atoms with Crippen molar-refractivity contribution in [2.75, 3.05) is 6.61 Å². The molecule has 0 saturated carbocycles. The van der Waals surface area contributed by atoms with E-state index in [1.54, 1.807) is 0 Å². The Bertz CT molecular complexity index is 405. The first kappa shape index (κ1) is 27.8. The predicted octanol–water partition coefficient (Wildman–Crippen LogP) is 7.74. The normalized spacial score (nSPS) is 16.9. The van der Waals surface area contributed by atoms with Crippen molar-refractivity contribution in [3.63, 3.8) is 0 Å². The van der Waals surface area contributed by atoms with Crippen molar-refractivity contribution in [3.05, 3.63) is 24.6 Å². The Morgan fingerprint density at radius 1 is 0.714 bits per heavy atom. The fourth-order valence-corrected chi connectivity index (χ4v) is 9.30. The van der Waals surface area contributed by atoms with Crippen molar-refractivity contribution in [3.8, 4) is 0 Å². The van der Waals surface area contributed by atoms with Gasteiger partial charge in [-0.3, -0.25) is 0 Å². The van der Waals surface area contributed by atoms with Crippen molar-refractivity contribution < 1.29 is 13.0 Å².